The van der Waals surface area contributed by atoms with Crippen LogP contribution in [0.25, 0.3) is 0 Å². The predicted octanol–water partition coefficient (Wildman–Crippen LogP) is 1.56. The molecule has 1 N–H and O–H groups in total. The van der Waals surface area contributed by atoms with Gasteiger partial charge in [0.05, 0.1) is 12.5 Å². The first kappa shape index (κ1) is 13.9. The molecule has 2 heterocycles. The molecule has 7 heteroatoms. The van der Waals surface area contributed by atoms with E-state index in [0.29, 0.717) is 17.6 Å². The van der Waals surface area contributed by atoms with Crippen molar-refractivity contribution in [1.82, 2.24) is 9.97 Å². The van der Waals surface area contributed by atoms with Gasteiger partial charge in [-0.2, -0.15) is 4.98 Å². The molecule has 0 radical (unpaired) electrons. The third-order valence-electron chi connectivity index (χ3n) is 3.38. The number of nitrogens with one attached hydrogen (secondary N) is 1. The van der Waals surface area contributed by atoms with Crippen molar-refractivity contribution in [2.45, 2.75) is 13.3 Å². The molecule has 1 fully saturated rings. The van der Waals surface area contributed by atoms with Crippen LogP contribution in [0.2, 0.25) is 5.15 Å². The number of nitrogens with zero attached hydrogens (tertiary/aromatic N) is 3. The highest BCUT2D eigenvalue weighted by atomic mass is 35.5. The van der Waals surface area contributed by atoms with Crippen LogP contribution in [0.15, 0.2) is 6.07 Å². The summed E-state index contributed by atoms with van der Waals surface area (Å²) < 4.78 is 4.85. The number of anilines is 2. The van der Waals surface area contributed by atoms with Crippen molar-refractivity contribution < 1.29 is 9.53 Å². The lowest BCUT2D eigenvalue weighted by Gasteiger charge is -2.22. The van der Waals surface area contributed by atoms with E-state index in [2.05, 4.69) is 15.3 Å². The highest BCUT2D eigenvalue weighted by Crippen LogP contribution is 2.34. The first-order valence-electron chi connectivity index (χ1n) is 6.04. The van der Waals surface area contributed by atoms with Crippen LogP contribution in [-0.4, -0.2) is 43.2 Å². The Kier molecular flexibility index (Phi) is 3.80. The quantitative estimate of drug-likeness (QED) is 0.671. The van der Waals surface area contributed by atoms with Crippen LogP contribution < -0.4 is 10.2 Å². The summed E-state index contributed by atoms with van der Waals surface area (Å²) in [7, 11) is 3.15. The van der Waals surface area contributed by atoms with E-state index in [4.69, 9.17) is 16.3 Å². The van der Waals surface area contributed by atoms with Gasteiger partial charge in [0.1, 0.15) is 11.0 Å². The van der Waals surface area contributed by atoms with Crippen LogP contribution in [-0.2, 0) is 9.53 Å². The second-order valence-corrected chi connectivity index (χ2v) is 5.23. The first-order chi connectivity index (χ1) is 8.98. The minimum Gasteiger partial charge on any atom is -0.469 e. The number of rotatable bonds is 3. The molecule has 2 rings (SSSR count). The second kappa shape index (κ2) is 5.21. The maximum atomic E-state index is 11.8. The van der Waals surface area contributed by atoms with Gasteiger partial charge in [-0.25, -0.2) is 4.98 Å². The topological polar surface area (TPSA) is 67.4 Å². The number of esters is 1. The molecule has 0 bridgehead atoms. The second-order valence-electron chi connectivity index (χ2n) is 4.85. The summed E-state index contributed by atoms with van der Waals surface area (Å²) >= 11 is 5.96. The molecule has 1 aliphatic rings. The molecule has 1 atom stereocenters. The fourth-order valence-corrected chi connectivity index (χ4v) is 2.43. The van der Waals surface area contributed by atoms with E-state index in [9.17, 15) is 4.79 Å². The number of hydrogen-bond acceptors (Lipinski definition) is 6. The minimum atomic E-state index is -0.494. The van der Waals surface area contributed by atoms with Crippen LogP contribution in [0.1, 0.15) is 13.3 Å². The number of ether oxygens (including phenoxy) is 1. The number of carbonyl (C=O) groups is 1. The Balaban J connectivity index is 2.21. The lowest BCUT2D eigenvalue weighted by Crippen LogP contribution is -2.33. The van der Waals surface area contributed by atoms with Gasteiger partial charge in [-0.05, 0) is 13.3 Å². The average Bonchev–Trinajstić information content (AvgIpc) is 2.81. The smallest absolute Gasteiger partial charge is 0.313 e. The number of halogens is 1. The molecule has 0 spiro atoms. The van der Waals surface area contributed by atoms with E-state index in [1.54, 1.807) is 13.1 Å². The van der Waals surface area contributed by atoms with Crippen molar-refractivity contribution in [2.75, 3.05) is 37.5 Å². The minimum absolute atomic E-state index is 0.191. The zero-order valence-corrected chi connectivity index (χ0v) is 12.0. The molecule has 0 saturated carbocycles. The van der Waals surface area contributed by atoms with Crippen molar-refractivity contribution in [3.05, 3.63) is 11.2 Å². The van der Waals surface area contributed by atoms with E-state index in [-0.39, 0.29) is 5.97 Å². The van der Waals surface area contributed by atoms with Crippen molar-refractivity contribution in [2.24, 2.45) is 5.41 Å². The molecule has 1 aromatic rings. The lowest BCUT2D eigenvalue weighted by molar-refractivity contribution is -0.150. The maximum absolute atomic E-state index is 11.8. The largest absolute Gasteiger partial charge is 0.469 e. The van der Waals surface area contributed by atoms with Gasteiger partial charge in [0.15, 0.2) is 0 Å². The Morgan fingerprint density at radius 2 is 2.32 bits per heavy atom. The van der Waals surface area contributed by atoms with E-state index >= 15 is 0 Å². The van der Waals surface area contributed by atoms with E-state index < -0.39 is 5.41 Å². The molecule has 1 saturated heterocycles. The molecule has 6 nitrogen and oxygen atoms in total. The van der Waals surface area contributed by atoms with Crippen molar-refractivity contribution in [3.8, 4) is 0 Å². The Morgan fingerprint density at radius 1 is 1.58 bits per heavy atom. The molecular formula is C12H17ClN4O2. The van der Waals surface area contributed by atoms with Crippen LogP contribution >= 0.6 is 11.6 Å². The van der Waals surface area contributed by atoms with Gasteiger partial charge in [0, 0.05) is 26.2 Å². The molecule has 0 aliphatic carbocycles. The van der Waals surface area contributed by atoms with Gasteiger partial charge in [-0.3, -0.25) is 4.79 Å². The first-order valence-corrected chi connectivity index (χ1v) is 6.42. The van der Waals surface area contributed by atoms with Crippen molar-refractivity contribution >= 4 is 29.3 Å². The normalized spacial score (nSPS) is 22.4. The Hall–Kier alpha value is -1.56. The summed E-state index contributed by atoms with van der Waals surface area (Å²) in [5.74, 6) is 0.996. The van der Waals surface area contributed by atoms with Gasteiger partial charge in [-0.15, -0.1) is 0 Å². The average molecular weight is 285 g/mol. The molecule has 104 valence electrons. The van der Waals surface area contributed by atoms with E-state index in [1.807, 2.05) is 11.8 Å². The van der Waals surface area contributed by atoms with Crippen LogP contribution in [0.3, 0.4) is 0 Å². The Labute approximate surface area is 117 Å². The highest BCUT2D eigenvalue weighted by molar-refractivity contribution is 6.29. The number of methoxy groups -OCH3 is 1. The van der Waals surface area contributed by atoms with E-state index in [0.717, 1.165) is 18.8 Å². The highest BCUT2D eigenvalue weighted by Gasteiger charge is 2.41. The number of aromatic nitrogens is 2. The van der Waals surface area contributed by atoms with Crippen molar-refractivity contribution in [1.29, 1.82) is 0 Å². The van der Waals surface area contributed by atoms with Gasteiger partial charge in [0.2, 0.25) is 5.95 Å². The molecule has 0 aromatic carbocycles. The zero-order chi connectivity index (χ0) is 14.0. The zero-order valence-electron chi connectivity index (χ0n) is 11.2. The van der Waals surface area contributed by atoms with E-state index in [1.165, 1.54) is 7.11 Å². The third kappa shape index (κ3) is 2.73. The molecule has 1 aliphatic heterocycles. The SMILES string of the molecule is CNc1nc(Cl)cc(N2CC[C@@](C)(C(=O)OC)C2)n1. The molecular weight excluding hydrogens is 268 g/mol. The monoisotopic (exact) mass is 284 g/mol. The number of hydrogen-bond donors (Lipinski definition) is 1. The van der Waals surface area contributed by atoms with Crippen LogP contribution in [0.5, 0.6) is 0 Å². The predicted molar refractivity (Wildman–Crippen MR) is 73.5 cm³/mol. The summed E-state index contributed by atoms with van der Waals surface area (Å²) in [4.78, 5) is 22.2. The molecule has 19 heavy (non-hydrogen) atoms. The van der Waals surface area contributed by atoms with Gasteiger partial charge >= 0.3 is 5.97 Å². The summed E-state index contributed by atoms with van der Waals surface area (Å²) in [6.45, 7) is 3.21. The standard InChI is InChI=1S/C12H17ClN4O2/c1-12(10(18)19-3)4-5-17(7-12)9-6-8(13)15-11(14-2)16-9/h6H,4-5,7H2,1-3H3,(H,14,15,16)/t12-/m1/s1. The Morgan fingerprint density at radius 3 is 2.95 bits per heavy atom. The van der Waals surface area contributed by atoms with Crippen LogP contribution in [0.4, 0.5) is 11.8 Å². The van der Waals surface area contributed by atoms with Gasteiger partial charge in [0.25, 0.3) is 0 Å². The summed E-state index contributed by atoms with van der Waals surface area (Å²) in [5.41, 5.74) is -0.494. The summed E-state index contributed by atoms with van der Waals surface area (Å²) in [5, 5.41) is 3.24. The Bertz CT molecular complexity index is 497. The summed E-state index contributed by atoms with van der Waals surface area (Å²) in [6.07, 6.45) is 0.732. The molecule has 0 unspecified atom stereocenters. The fraction of sp³-hybridized carbons (Fsp3) is 0.583. The molecule has 1 aromatic heterocycles. The third-order valence-corrected chi connectivity index (χ3v) is 3.57. The maximum Gasteiger partial charge on any atom is 0.313 e. The van der Waals surface area contributed by atoms with Gasteiger partial charge < -0.3 is 15.0 Å². The molecule has 0 amide bonds. The number of carbonyl (C=O) groups excluding carboxylic acids is 1. The fourth-order valence-electron chi connectivity index (χ4n) is 2.25. The van der Waals surface area contributed by atoms with Crippen molar-refractivity contribution in [3.63, 3.8) is 0 Å². The van der Waals surface area contributed by atoms with Gasteiger partial charge in [-0.1, -0.05) is 11.6 Å². The lowest BCUT2D eigenvalue weighted by atomic mass is 9.90. The summed E-state index contributed by atoms with van der Waals surface area (Å²) in [6, 6.07) is 1.70. The van der Waals surface area contributed by atoms with Crippen LogP contribution in [0, 0.1) is 5.41 Å².